The summed E-state index contributed by atoms with van der Waals surface area (Å²) in [7, 11) is 0. The highest BCUT2D eigenvalue weighted by Crippen LogP contribution is 2.28. The van der Waals surface area contributed by atoms with Crippen molar-refractivity contribution in [3.63, 3.8) is 0 Å². The van der Waals surface area contributed by atoms with Gasteiger partial charge in [-0.25, -0.2) is 8.78 Å². The number of benzene rings is 1. The highest BCUT2D eigenvalue weighted by molar-refractivity contribution is 7.13. The molecule has 0 bridgehead atoms. The predicted octanol–water partition coefficient (Wildman–Crippen LogP) is 4.41. The molecule has 0 fully saturated rings. The molecule has 0 spiro atoms. The Morgan fingerprint density at radius 2 is 2.06 bits per heavy atom. The molecule has 0 saturated carbocycles. The van der Waals surface area contributed by atoms with Gasteiger partial charge in [0.2, 0.25) is 0 Å². The number of aryl methyl sites for hydroxylation is 1. The number of halogens is 3. The second-order valence-corrected chi connectivity index (χ2v) is 5.17. The van der Waals surface area contributed by atoms with Crippen LogP contribution >= 0.6 is 22.9 Å². The molecule has 0 aliphatic rings. The van der Waals surface area contributed by atoms with E-state index < -0.39 is 11.6 Å². The minimum atomic E-state index is -0.950. The molecule has 0 radical (unpaired) electrons. The zero-order valence-corrected chi connectivity index (χ0v) is 11.0. The summed E-state index contributed by atoms with van der Waals surface area (Å²) in [6.07, 6.45) is 0.0108. The van der Waals surface area contributed by atoms with Crippen molar-refractivity contribution < 1.29 is 13.6 Å². The molecule has 1 aromatic heterocycles. The monoisotopic (exact) mass is 286 g/mol. The second-order valence-electron chi connectivity index (χ2n) is 3.91. The van der Waals surface area contributed by atoms with Gasteiger partial charge in [0.25, 0.3) is 0 Å². The van der Waals surface area contributed by atoms with Gasteiger partial charge < -0.3 is 0 Å². The first-order chi connectivity index (χ1) is 8.49. The maximum atomic E-state index is 13.0. The van der Waals surface area contributed by atoms with Gasteiger partial charge in [-0.15, -0.1) is 11.3 Å². The summed E-state index contributed by atoms with van der Waals surface area (Å²) in [4.78, 5) is 12.4. The van der Waals surface area contributed by atoms with Crippen LogP contribution in [-0.4, -0.2) is 5.78 Å². The van der Waals surface area contributed by atoms with Crippen LogP contribution in [0.4, 0.5) is 8.78 Å². The maximum absolute atomic E-state index is 13.0. The van der Waals surface area contributed by atoms with Gasteiger partial charge in [0.1, 0.15) is 0 Å². The molecular weight excluding hydrogens is 278 g/mol. The van der Waals surface area contributed by atoms with Crippen molar-refractivity contribution in [2.75, 3.05) is 0 Å². The first kappa shape index (κ1) is 13.2. The highest BCUT2D eigenvalue weighted by atomic mass is 35.5. The number of hydrogen-bond donors (Lipinski definition) is 0. The molecule has 1 aromatic carbocycles. The van der Waals surface area contributed by atoms with E-state index in [0.717, 1.165) is 17.7 Å². The Hall–Kier alpha value is -1.26. The second kappa shape index (κ2) is 5.16. The maximum Gasteiger partial charge on any atom is 0.178 e. The normalized spacial score (nSPS) is 10.7. The van der Waals surface area contributed by atoms with Crippen LogP contribution in [0, 0.1) is 18.6 Å². The molecule has 2 rings (SSSR count). The Morgan fingerprint density at radius 1 is 1.33 bits per heavy atom. The van der Waals surface area contributed by atoms with Crippen LogP contribution in [0.1, 0.15) is 20.8 Å². The van der Waals surface area contributed by atoms with Gasteiger partial charge >= 0.3 is 0 Å². The summed E-state index contributed by atoms with van der Waals surface area (Å²) in [5.41, 5.74) is 1.27. The third-order valence-electron chi connectivity index (χ3n) is 2.50. The van der Waals surface area contributed by atoms with Gasteiger partial charge in [-0.1, -0.05) is 17.7 Å². The van der Waals surface area contributed by atoms with Gasteiger partial charge in [0.15, 0.2) is 17.4 Å². The number of thiophene rings is 1. The molecular formula is C13H9ClF2OS. The summed E-state index contributed by atoms with van der Waals surface area (Å²) in [6, 6.07) is 3.44. The molecule has 0 saturated heterocycles. The van der Waals surface area contributed by atoms with Crippen LogP contribution in [0.15, 0.2) is 23.6 Å². The fourth-order valence-electron chi connectivity index (χ4n) is 1.53. The van der Waals surface area contributed by atoms with Crippen molar-refractivity contribution in [1.82, 2.24) is 0 Å². The summed E-state index contributed by atoms with van der Waals surface area (Å²) in [5, 5.41) is 2.23. The first-order valence-corrected chi connectivity index (χ1v) is 6.45. The van der Waals surface area contributed by atoms with E-state index >= 15 is 0 Å². The van der Waals surface area contributed by atoms with Crippen LogP contribution in [0.3, 0.4) is 0 Å². The number of ketones is 1. The third kappa shape index (κ3) is 2.60. The largest absolute Gasteiger partial charge is 0.293 e. The Balaban J connectivity index is 2.21. The molecule has 0 unspecified atom stereocenters. The van der Waals surface area contributed by atoms with Crippen LogP contribution < -0.4 is 0 Å². The zero-order valence-electron chi connectivity index (χ0n) is 9.47. The molecule has 1 heterocycles. The van der Waals surface area contributed by atoms with Crippen molar-refractivity contribution in [2.24, 2.45) is 0 Å². The fraction of sp³-hybridized carbons (Fsp3) is 0.154. The van der Waals surface area contributed by atoms with E-state index in [4.69, 9.17) is 11.6 Å². The van der Waals surface area contributed by atoms with E-state index in [1.165, 1.54) is 17.4 Å². The van der Waals surface area contributed by atoms with E-state index in [9.17, 15) is 13.6 Å². The standard InChI is InChI=1S/C13H9ClF2OS/c1-7-6-18-13(12(7)14)11(17)5-8-2-3-9(15)10(16)4-8/h2-4,6H,5H2,1H3. The van der Waals surface area contributed by atoms with Gasteiger partial charge in [-0.3, -0.25) is 4.79 Å². The van der Waals surface area contributed by atoms with E-state index in [2.05, 4.69) is 0 Å². The molecule has 5 heteroatoms. The Labute approximate surface area is 112 Å². The van der Waals surface area contributed by atoms with Crippen LogP contribution in [0.5, 0.6) is 0 Å². The number of rotatable bonds is 3. The summed E-state index contributed by atoms with van der Waals surface area (Å²) < 4.78 is 25.8. The topological polar surface area (TPSA) is 17.1 Å². The molecule has 94 valence electrons. The lowest BCUT2D eigenvalue weighted by atomic mass is 10.1. The Morgan fingerprint density at radius 3 is 2.61 bits per heavy atom. The van der Waals surface area contributed by atoms with Crippen molar-refractivity contribution in [3.05, 3.63) is 56.2 Å². The smallest absolute Gasteiger partial charge is 0.178 e. The minimum Gasteiger partial charge on any atom is -0.293 e. The molecule has 0 aliphatic carbocycles. The highest BCUT2D eigenvalue weighted by Gasteiger charge is 2.15. The SMILES string of the molecule is Cc1csc(C(=O)Cc2ccc(F)c(F)c2)c1Cl. The quantitative estimate of drug-likeness (QED) is 0.764. The number of hydrogen-bond acceptors (Lipinski definition) is 2. The summed E-state index contributed by atoms with van der Waals surface area (Å²) in [6.45, 7) is 1.81. The van der Waals surface area contributed by atoms with E-state index in [1.807, 2.05) is 6.92 Å². The molecule has 0 atom stereocenters. The lowest BCUT2D eigenvalue weighted by Crippen LogP contribution is -2.02. The molecule has 0 aliphatic heterocycles. The van der Waals surface area contributed by atoms with E-state index in [0.29, 0.717) is 15.5 Å². The van der Waals surface area contributed by atoms with Crippen molar-refractivity contribution in [1.29, 1.82) is 0 Å². The fourth-order valence-corrected chi connectivity index (χ4v) is 2.77. The average molecular weight is 287 g/mol. The minimum absolute atomic E-state index is 0.0108. The van der Waals surface area contributed by atoms with Gasteiger partial charge in [0.05, 0.1) is 9.90 Å². The lowest BCUT2D eigenvalue weighted by Gasteiger charge is -2.01. The molecule has 0 amide bonds. The average Bonchev–Trinajstić information content (AvgIpc) is 2.65. The van der Waals surface area contributed by atoms with Crippen molar-refractivity contribution >= 4 is 28.7 Å². The Bertz CT molecular complexity index is 607. The van der Waals surface area contributed by atoms with Crippen LogP contribution in [0.2, 0.25) is 5.02 Å². The number of Topliss-reactive ketones (excluding diaryl/α,β-unsaturated/α-hetero) is 1. The Kier molecular flexibility index (Phi) is 3.78. The predicted molar refractivity (Wildman–Crippen MR) is 68.5 cm³/mol. The van der Waals surface area contributed by atoms with Crippen LogP contribution in [0.25, 0.3) is 0 Å². The van der Waals surface area contributed by atoms with Gasteiger partial charge in [0, 0.05) is 6.42 Å². The van der Waals surface area contributed by atoms with E-state index in [-0.39, 0.29) is 12.2 Å². The molecule has 0 N–H and O–H groups in total. The third-order valence-corrected chi connectivity index (χ3v) is 4.24. The number of carbonyl (C=O) groups excluding carboxylic acids is 1. The van der Waals surface area contributed by atoms with Gasteiger partial charge in [-0.05, 0) is 35.6 Å². The van der Waals surface area contributed by atoms with Crippen molar-refractivity contribution in [2.45, 2.75) is 13.3 Å². The summed E-state index contributed by atoms with van der Waals surface area (Å²) in [5.74, 6) is -2.06. The lowest BCUT2D eigenvalue weighted by molar-refractivity contribution is 0.0997. The van der Waals surface area contributed by atoms with Gasteiger partial charge in [-0.2, -0.15) is 0 Å². The molecule has 18 heavy (non-hydrogen) atoms. The molecule has 1 nitrogen and oxygen atoms in total. The summed E-state index contributed by atoms with van der Waals surface area (Å²) >= 11 is 7.24. The molecule has 2 aromatic rings. The van der Waals surface area contributed by atoms with E-state index in [1.54, 1.807) is 5.38 Å². The van der Waals surface area contributed by atoms with Crippen molar-refractivity contribution in [3.8, 4) is 0 Å². The van der Waals surface area contributed by atoms with Crippen LogP contribution in [-0.2, 0) is 6.42 Å². The first-order valence-electron chi connectivity index (χ1n) is 5.19. The number of carbonyl (C=O) groups is 1. The zero-order chi connectivity index (χ0) is 13.3.